The first-order valence-electron chi connectivity index (χ1n) is 19.1. The summed E-state index contributed by atoms with van der Waals surface area (Å²) in [5.41, 5.74) is -2.81. The summed E-state index contributed by atoms with van der Waals surface area (Å²) in [6.45, 7) is 0.520. The van der Waals surface area contributed by atoms with E-state index in [1.807, 2.05) is 0 Å². The largest absolute Gasteiger partial charge is 0.346 e. The fourth-order valence-electron chi connectivity index (χ4n) is 7.19. The van der Waals surface area contributed by atoms with Gasteiger partial charge in [0.05, 0.1) is 32.9 Å². The number of aromatic nitrogens is 5. The topological polar surface area (TPSA) is 158 Å². The number of halogens is 9. The van der Waals surface area contributed by atoms with Gasteiger partial charge in [0.1, 0.15) is 46.6 Å². The average Bonchev–Trinajstić information content (AvgIpc) is 3.80. The Morgan fingerprint density at radius 1 is 0.968 bits per heavy atom. The minimum Gasteiger partial charge on any atom is -0.346 e. The Hall–Kier alpha value is -5.27. The summed E-state index contributed by atoms with van der Waals surface area (Å²) in [5, 5.41) is 9.38. The van der Waals surface area contributed by atoms with Crippen molar-refractivity contribution in [2.75, 3.05) is 11.0 Å². The zero-order valence-electron chi connectivity index (χ0n) is 33.3. The van der Waals surface area contributed by atoms with Gasteiger partial charge >= 0.3 is 0 Å². The van der Waals surface area contributed by atoms with E-state index in [-0.39, 0.29) is 49.8 Å². The number of nitrogens with one attached hydrogen (secondary N) is 2. The second-order valence-electron chi connectivity index (χ2n) is 15.7. The van der Waals surface area contributed by atoms with Crippen molar-refractivity contribution in [3.63, 3.8) is 0 Å². The first-order chi connectivity index (χ1) is 29.3. The van der Waals surface area contributed by atoms with Gasteiger partial charge in [0.2, 0.25) is 15.9 Å². The van der Waals surface area contributed by atoms with Crippen molar-refractivity contribution in [1.82, 2.24) is 29.9 Å². The van der Waals surface area contributed by atoms with Gasteiger partial charge in [-0.15, -0.1) is 0 Å². The number of carbonyl (C=O) groups is 1. The quantitative estimate of drug-likeness (QED) is 0.0850. The average molecular weight is 946 g/mol. The van der Waals surface area contributed by atoms with E-state index < -0.39 is 122 Å². The maximum Gasteiger partial charge on any atom is 0.290 e. The molecule has 2 aromatic carbocycles. The third-order valence-electron chi connectivity index (χ3n) is 10.6. The maximum atomic E-state index is 15.1. The number of hydrogen-bond acceptors (Lipinski definition) is 8. The number of nitrogens with zero attached hydrogens (tertiary/aromatic N) is 5. The highest BCUT2D eigenvalue weighted by Crippen LogP contribution is 2.45. The molecule has 0 radical (unpaired) electrons. The maximum absolute atomic E-state index is 15.1. The molecule has 1 unspecified atom stereocenters. The Morgan fingerprint density at radius 2 is 1.63 bits per heavy atom. The number of carbonyl (C=O) groups excluding carboxylic acids is 1. The van der Waals surface area contributed by atoms with Gasteiger partial charge in [-0.05, 0) is 81.3 Å². The first-order valence-corrected chi connectivity index (χ1v) is 22.9. The van der Waals surface area contributed by atoms with Gasteiger partial charge in [-0.2, -0.15) is 19.0 Å². The zero-order valence-corrected chi connectivity index (χ0v) is 35.7. The van der Waals surface area contributed by atoms with Crippen LogP contribution in [0.1, 0.15) is 79.5 Å². The standard InChI is InChI=1S/C40H36ClF8N7O5S2/c1-39(2,62(3,58)59)12-10-23-4-7-25(26-8-9-28(41)32-35(26)55(18-30(44)45)53-38(32)54-63(60,61)24-5-6-24)33(50-23)29(16-20-14-21(42)17-22(43)15-20)51-31(57)19-56-36-27(11-13-40(36,48)49)34(52-56)37(46)47/h4,7-9,14-15,17,24,29-30,37H,5-6,11,13,16,18-19H2,1-3H3,(H,51,57)(H,53,54). The number of sulfonamides is 1. The summed E-state index contributed by atoms with van der Waals surface area (Å²) >= 11 is 6.61. The normalized spacial score (nSPS) is 15.7. The fourth-order valence-corrected chi connectivity index (χ4v) is 9.01. The molecule has 1 fully saturated rings. The van der Waals surface area contributed by atoms with Crippen molar-refractivity contribution in [1.29, 1.82) is 0 Å². The van der Waals surface area contributed by atoms with Gasteiger partial charge in [-0.1, -0.05) is 23.6 Å². The van der Waals surface area contributed by atoms with Crippen molar-refractivity contribution in [3.8, 4) is 23.0 Å². The van der Waals surface area contributed by atoms with Crippen molar-refractivity contribution in [3.05, 3.63) is 93.0 Å². The third-order valence-corrected chi connectivity index (χ3v) is 14.7. The van der Waals surface area contributed by atoms with Crippen LogP contribution in [-0.4, -0.2) is 70.0 Å². The molecule has 3 heterocycles. The number of amides is 1. The SMILES string of the molecule is CC(C)(C#Cc1ccc(-c2ccc(Cl)c3c(NS(=O)(=O)C4CC4)nn(CC(F)F)c23)c(C(Cc2cc(F)cc(F)c2)NC(=O)Cn2nc(C(F)F)c3c2C(F)(F)CC3)n1)S(C)(=O)=O. The number of benzene rings is 2. The van der Waals surface area contributed by atoms with Crippen molar-refractivity contribution >= 4 is 54.1 Å². The molecular formula is C40H36ClF8N7O5S2. The molecule has 23 heteroatoms. The van der Waals surface area contributed by atoms with Gasteiger partial charge in [-0.25, -0.2) is 48.2 Å². The number of anilines is 1. The van der Waals surface area contributed by atoms with Crippen LogP contribution in [0.25, 0.3) is 22.0 Å². The predicted octanol–water partition coefficient (Wildman–Crippen LogP) is 7.65. The van der Waals surface area contributed by atoms with E-state index in [1.54, 1.807) is 0 Å². The second kappa shape index (κ2) is 16.7. The molecule has 0 spiro atoms. The summed E-state index contributed by atoms with van der Waals surface area (Å²) in [6.07, 6.45) is -6.41. The smallest absolute Gasteiger partial charge is 0.290 e. The van der Waals surface area contributed by atoms with Crippen LogP contribution in [0.5, 0.6) is 0 Å². The molecule has 12 nitrogen and oxygen atoms in total. The van der Waals surface area contributed by atoms with Crippen LogP contribution in [0.3, 0.4) is 0 Å². The molecule has 7 rings (SSSR count). The third kappa shape index (κ3) is 9.50. The lowest BCUT2D eigenvalue weighted by atomic mass is 9.93. The van der Waals surface area contributed by atoms with Crippen LogP contribution < -0.4 is 10.0 Å². The van der Waals surface area contributed by atoms with Gasteiger partial charge in [0.15, 0.2) is 15.7 Å². The molecule has 2 aliphatic carbocycles. The van der Waals surface area contributed by atoms with E-state index in [2.05, 4.69) is 37.1 Å². The molecule has 336 valence electrons. The van der Waals surface area contributed by atoms with Crippen LogP contribution in [0.4, 0.5) is 40.9 Å². The Balaban J connectivity index is 1.44. The van der Waals surface area contributed by atoms with Gasteiger partial charge in [0, 0.05) is 35.4 Å². The summed E-state index contributed by atoms with van der Waals surface area (Å²) in [5.74, 6) is -1.90. The molecule has 0 bridgehead atoms. The van der Waals surface area contributed by atoms with E-state index in [1.165, 1.54) is 38.1 Å². The minimum atomic E-state index is -4.04. The monoisotopic (exact) mass is 945 g/mol. The fraction of sp³-hybridized carbons (Fsp3) is 0.400. The highest BCUT2D eigenvalue weighted by atomic mass is 35.5. The van der Waals surface area contributed by atoms with Gasteiger partial charge < -0.3 is 5.32 Å². The number of pyridine rings is 1. The molecular weight excluding hydrogens is 910 g/mol. The van der Waals surface area contributed by atoms with Gasteiger partial charge in [-0.3, -0.25) is 18.9 Å². The number of alkyl halides is 6. The lowest BCUT2D eigenvalue weighted by Gasteiger charge is -2.23. The van der Waals surface area contributed by atoms with E-state index in [4.69, 9.17) is 11.6 Å². The summed E-state index contributed by atoms with van der Waals surface area (Å²) in [7, 11) is -7.83. The molecule has 63 heavy (non-hydrogen) atoms. The van der Waals surface area contributed by atoms with E-state index in [0.29, 0.717) is 23.6 Å². The predicted molar refractivity (Wildman–Crippen MR) is 216 cm³/mol. The molecule has 0 saturated heterocycles. The van der Waals surface area contributed by atoms with Crippen LogP contribution in [-0.2, 0) is 56.5 Å². The highest BCUT2D eigenvalue weighted by molar-refractivity contribution is 7.93. The molecule has 1 amide bonds. The molecule has 5 aromatic rings. The van der Waals surface area contributed by atoms with Crippen molar-refractivity contribution in [2.45, 2.75) is 93.9 Å². The Morgan fingerprint density at radius 3 is 2.25 bits per heavy atom. The first kappa shape index (κ1) is 45.7. The molecule has 0 aliphatic heterocycles. The van der Waals surface area contributed by atoms with Crippen LogP contribution >= 0.6 is 11.6 Å². The van der Waals surface area contributed by atoms with Crippen LogP contribution in [0.2, 0.25) is 5.02 Å². The zero-order chi connectivity index (χ0) is 46.0. The van der Waals surface area contributed by atoms with E-state index in [0.717, 1.165) is 23.1 Å². The number of fused-ring (bicyclic) bond motifs is 2. The lowest BCUT2D eigenvalue weighted by Crippen LogP contribution is -2.35. The molecule has 3 aromatic heterocycles. The van der Waals surface area contributed by atoms with Crippen molar-refractivity contribution < 1.29 is 56.8 Å². The van der Waals surface area contributed by atoms with Gasteiger partial charge in [0.25, 0.3) is 18.8 Å². The molecule has 2 aliphatic rings. The summed E-state index contributed by atoms with van der Waals surface area (Å²) in [4.78, 5) is 18.6. The summed E-state index contributed by atoms with van der Waals surface area (Å²) < 4.78 is 169. The number of hydrogen-bond donors (Lipinski definition) is 2. The number of sulfone groups is 1. The molecule has 1 atom stereocenters. The summed E-state index contributed by atoms with van der Waals surface area (Å²) in [6, 6.07) is 6.22. The Kier molecular flexibility index (Phi) is 12.1. The van der Waals surface area contributed by atoms with E-state index in [9.17, 15) is 48.0 Å². The highest BCUT2D eigenvalue weighted by Gasteiger charge is 2.46. The second-order valence-corrected chi connectivity index (χ2v) is 20.7. The number of rotatable bonds is 14. The van der Waals surface area contributed by atoms with Crippen LogP contribution in [0.15, 0.2) is 42.5 Å². The lowest BCUT2D eigenvalue weighted by molar-refractivity contribution is -0.122. The van der Waals surface area contributed by atoms with Crippen LogP contribution in [0, 0.1) is 23.5 Å². The Labute approximate surface area is 360 Å². The Bertz CT molecular complexity index is 2930. The van der Waals surface area contributed by atoms with E-state index >= 15 is 8.78 Å². The molecule has 2 N–H and O–H groups in total. The molecule has 1 saturated carbocycles. The minimum absolute atomic E-state index is 0.00804. The van der Waals surface area contributed by atoms with Crippen molar-refractivity contribution in [2.24, 2.45) is 0 Å².